The molecule has 77 heavy (non-hydrogen) atoms. The van der Waals surface area contributed by atoms with E-state index in [9.17, 15) is 28.8 Å². The molecule has 6 aliphatic rings. The van der Waals surface area contributed by atoms with E-state index < -0.39 is 48.3 Å². The number of aromatic amines is 1. The molecule has 3 aromatic carbocycles. The lowest BCUT2D eigenvalue weighted by molar-refractivity contribution is -0.140. The molecule has 1 spiro atoms. The van der Waals surface area contributed by atoms with Crippen LogP contribution in [0.2, 0.25) is 0 Å². The number of likely N-dealkylation sites (tertiary alicyclic amines) is 2. The summed E-state index contributed by atoms with van der Waals surface area (Å²) in [5, 5.41) is 16.3. The first-order chi connectivity index (χ1) is 36.6. The summed E-state index contributed by atoms with van der Waals surface area (Å²) in [5.74, 6) is -4.28. The number of carbonyl (C=O) groups is 6. The number of nitrogens with zero attached hydrogens (tertiary/aromatic N) is 4. The summed E-state index contributed by atoms with van der Waals surface area (Å²) in [7, 11) is 3.74. The third kappa shape index (κ3) is 10.5. The number of rotatable bonds is 13. The molecule has 20 heteroatoms. The van der Waals surface area contributed by atoms with Crippen LogP contribution in [0, 0.1) is 29.1 Å². The number of aromatic nitrogens is 2. The molecule has 4 fully saturated rings. The number of ether oxygens (including phenoxy) is 3. The zero-order valence-electron chi connectivity index (χ0n) is 44.9. The molecule has 0 unspecified atom stereocenters. The lowest BCUT2D eigenvalue weighted by Gasteiger charge is -2.38. The molecule has 4 heterocycles. The molecule has 2 bridgehead atoms. The highest BCUT2D eigenvalue weighted by Crippen LogP contribution is 2.59. The first-order valence-corrected chi connectivity index (χ1v) is 26.4. The van der Waals surface area contributed by atoms with E-state index in [1.54, 1.807) is 43.1 Å². The summed E-state index contributed by atoms with van der Waals surface area (Å²) in [5.41, 5.74) is 6.14. The van der Waals surface area contributed by atoms with Crippen LogP contribution in [0.4, 0.5) is 28.9 Å². The highest BCUT2D eigenvalue weighted by molar-refractivity contribution is 6.02. The Bertz CT molecular complexity index is 3020. The monoisotopic (exact) mass is 1060 g/mol. The van der Waals surface area contributed by atoms with Crippen molar-refractivity contribution in [3.63, 3.8) is 0 Å². The second kappa shape index (κ2) is 21.2. The lowest BCUT2D eigenvalue weighted by Crippen LogP contribution is -2.57. The van der Waals surface area contributed by atoms with Gasteiger partial charge in [0.25, 0.3) is 5.92 Å². The topological polar surface area (TPSA) is 234 Å². The van der Waals surface area contributed by atoms with Crippen molar-refractivity contribution in [1.29, 1.82) is 0 Å². The molecule has 4 aromatic rings. The van der Waals surface area contributed by atoms with E-state index in [1.165, 1.54) is 27.4 Å². The summed E-state index contributed by atoms with van der Waals surface area (Å²) in [6, 6.07) is 13.4. The van der Waals surface area contributed by atoms with Gasteiger partial charge in [-0.25, -0.2) is 24.2 Å². The summed E-state index contributed by atoms with van der Waals surface area (Å²) in [4.78, 5) is 90.5. The van der Waals surface area contributed by atoms with Gasteiger partial charge in [-0.15, -0.1) is 0 Å². The van der Waals surface area contributed by atoms with Gasteiger partial charge in [0.1, 0.15) is 23.9 Å². The number of fused-ring (bicyclic) bond motifs is 6. The van der Waals surface area contributed by atoms with E-state index in [0.29, 0.717) is 46.7 Å². The second-order valence-corrected chi connectivity index (χ2v) is 22.4. The average Bonchev–Trinajstić information content (AvgIpc) is 4.30. The molecular weight excluding hydrogens is 995 g/mol. The maximum atomic E-state index is 16.7. The fourth-order valence-corrected chi connectivity index (χ4v) is 12.0. The number of alkyl halides is 2. The van der Waals surface area contributed by atoms with Crippen LogP contribution in [0.25, 0.3) is 33.5 Å². The van der Waals surface area contributed by atoms with Gasteiger partial charge in [0.05, 0.1) is 51.0 Å². The van der Waals surface area contributed by atoms with Crippen LogP contribution in [0.15, 0.2) is 65.8 Å². The van der Waals surface area contributed by atoms with E-state index in [1.807, 2.05) is 62.9 Å². The number of amides is 5. The lowest BCUT2D eigenvalue weighted by atomic mass is 9.90. The van der Waals surface area contributed by atoms with Crippen LogP contribution in [-0.4, -0.2) is 125 Å². The number of methoxy groups -OCH3 is 3. The number of carboxylic acid groups (broad SMARTS) is 1. The predicted octanol–water partition coefficient (Wildman–Crippen LogP) is 9.14. The van der Waals surface area contributed by atoms with Gasteiger partial charge in [0.15, 0.2) is 0 Å². The molecule has 18 nitrogen and oxygen atoms in total. The molecule has 3 aliphatic heterocycles. The zero-order chi connectivity index (χ0) is 55.4. The van der Waals surface area contributed by atoms with Crippen molar-refractivity contribution in [2.75, 3.05) is 27.9 Å². The van der Waals surface area contributed by atoms with E-state index in [0.717, 1.165) is 61.1 Å². The van der Waals surface area contributed by atoms with Gasteiger partial charge >= 0.3 is 24.2 Å². The Kier molecular flexibility index (Phi) is 15.0. The number of H-pyrrole nitrogens is 1. The van der Waals surface area contributed by atoms with Crippen molar-refractivity contribution in [3.05, 3.63) is 83.3 Å². The molecular formula is C57H68F2N8O10. The van der Waals surface area contributed by atoms with Crippen LogP contribution in [-0.2, 0) is 40.9 Å². The molecule has 3 aliphatic carbocycles. The third-order valence-corrected chi connectivity index (χ3v) is 16.4. The van der Waals surface area contributed by atoms with Gasteiger partial charge in [-0.2, -0.15) is 8.78 Å². The van der Waals surface area contributed by atoms with Crippen molar-refractivity contribution in [2.45, 2.75) is 129 Å². The molecule has 5 amide bonds. The molecule has 5 N–H and O–H groups in total. The largest absolute Gasteiger partial charge is 0.480 e. The van der Waals surface area contributed by atoms with Crippen molar-refractivity contribution < 1.29 is 56.9 Å². The Labute approximate surface area is 446 Å². The van der Waals surface area contributed by atoms with Gasteiger partial charge in [-0.05, 0) is 120 Å². The van der Waals surface area contributed by atoms with E-state index in [2.05, 4.69) is 25.7 Å². The maximum absolute atomic E-state index is 16.7. The minimum atomic E-state index is -3.27. The zero-order valence-corrected chi connectivity index (χ0v) is 44.9. The van der Waals surface area contributed by atoms with Gasteiger partial charge in [0, 0.05) is 41.4 Å². The molecule has 2 saturated heterocycles. The molecule has 10 rings (SSSR count). The first kappa shape index (κ1) is 54.4. The Morgan fingerprint density at radius 3 is 1.84 bits per heavy atom. The van der Waals surface area contributed by atoms with Crippen LogP contribution in [0.5, 0.6) is 0 Å². The van der Waals surface area contributed by atoms with Gasteiger partial charge in [-0.3, -0.25) is 14.6 Å². The molecule has 2 saturated carbocycles. The number of carbonyl (C=O) groups excluding carboxylic acids is 5. The van der Waals surface area contributed by atoms with Gasteiger partial charge in [0.2, 0.25) is 11.8 Å². The number of aliphatic imine (C=N–C) groups is 1. The smallest absolute Gasteiger partial charge is 0.407 e. The number of benzene rings is 3. The van der Waals surface area contributed by atoms with Crippen molar-refractivity contribution >= 4 is 47.5 Å². The highest BCUT2D eigenvalue weighted by atomic mass is 19.3. The fraction of sp³-hybridized carbons (Fsp3) is 0.509. The van der Waals surface area contributed by atoms with Crippen LogP contribution < -0.4 is 16.0 Å². The Morgan fingerprint density at radius 1 is 0.727 bits per heavy atom. The Morgan fingerprint density at radius 2 is 1.27 bits per heavy atom. The Hall–Kier alpha value is -7.38. The number of hydrogen-bond donors (Lipinski definition) is 5. The minimum Gasteiger partial charge on any atom is -0.480 e. The molecule has 410 valence electrons. The summed E-state index contributed by atoms with van der Waals surface area (Å²) < 4.78 is 47.3. The maximum Gasteiger partial charge on any atom is 0.407 e. The van der Waals surface area contributed by atoms with Crippen LogP contribution in [0.3, 0.4) is 0 Å². The normalized spacial score (nSPS) is 21.8. The second-order valence-electron chi connectivity index (χ2n) is 22.4. The Balaban J connectivity index is 0.000000539. The number of hydrogen-bond acceptors (Lipinski definition) is 11. The van der Waals surface area contributed by atoms with Crippen molar-refractivity contribution in [2.24, 2.45) is 34.1 Å². The number of alkyl carbamates (subject to hydrolysis) is 3. The number of nitrogens with one attached hydrogen (secondary N) is 4. The van der Waals surface area contributed by atoms with E-state index >= 15 is 8.78 Å². The number of piperidine rings is 1. The molecule has 1 aromatic heterocycles. The van der Waals surface area contributed by atoms with Crippen molar-refractivity contribution in [3.8, 4) is 33.5 Å². The predicted molar refractivity (Wildman–Crippen MR) is 281 cm³/mol. The molecule has 0 radical (unpaired) electrons. The SMILES string of the molecule is COC(=O)N[C@H](C(=O)N1CC2(CC2)C[C@H]1c1ncc(-c2ccc3c(c2)C(F)(F)c2cc(-c4ccc5c(c4)CC([C@@H]4[C@H]6CC[C@H](C6)N4C(=O)[C@@H](NC(=O)OC)C(C)C)=N5)ccc2-3)[nH]1)C(C)C.COC(=O)N[C@H](C(=O)O)C(C)C. The summed E-state index contributed by atoms with van der Waals surface area (Å²) in [6.45, 7) is 11.5. The average molecular weight is 1060 g/mol. The quantitative estimate of drug-likeness (QED) is 0.0792. The highest BCUT2D eigenvalue weighted by Gasteiger charge is 2.56. The van der Waals surface area contributed by atoms with Gasteiger partial charge < -0.3 is 50.1 Å². The van der Waals surface area contributed by atoms with Crippen LogP contribution >= 0.6 is 0 Å². The molecule has 7 atom stereocenters. The summed E-state index contributed by atoms with van der Waals surface area (Å²) >= 11 is 0. The van der Waals surface area contributed by atoms with Gasteiger partial charge in [-0.1, -0.05) is 71.9 Å². The number of aliphatic carboxylic acids is 1. The fourth-order valence-electron chi connectivity index (χ4n) is 12.0. The standard InChI is InChI=1S/C50H55F2N7O6.C7H13NO4/c1-25(2)41(56-47(62)64-5)45(60)58-24-49(15-16-49)22-40(58)44-53-23-39(55-44)29-9-13-34-33-12-8-28(19-35(33)50(51,52)36(34)20-29)27-10-14-37-31(17-27)21-38(54-37)43-30-7-11-32(18-30)59(43)46(61)42(26(3)4)57-48(63)65-6;1-4(2)5(6(9)10)8-7(11)12-3/h8-10,12-14,17,19-20,23,25-26,30,32,40-43H,7,11,15-16,18,21-22,24H2,1-6H3,(H,53,55)(H,56,62)(H,57,63);4-5H,1-3H3,(H,8,11)(H,9,10)/t30-,32+,40-,41-,42-,43-;5-/m00/s1. The first-order valence-electron chi connectivity index (χ1n) is 26.4. The number of imidazole rings is 1. The number of halogens is 2. The minimum absolute atomic E-state index is 0.0136. The third-order valence-electron chi connectivity index (χ3n) is 16.4. The summed E-state index contributed by atoms with van der Waals surface area (Å²) in [6.07, 6.45) is 5.71. The van der Waals surface area contributed by atoms with Crippen LogP contribution in [0.1, 0.15) is 109 Å². The number of carboxylic acids is 1. The van der Waals surface area contributed by atoms with Crippen molar-refractivity contribution in [1.82, 2.24) is 35.7 Å². The van der Waals surface area contributed by atoms with E-state index in [-0.39, 0.29) is 70.2 Å². The van der Waals surface area contributed by atoms with E-state index in [4.69, 9.17) is 24.6 Å².